The number of nitrogens with zero attached hydrogens (tertiary/aromatic N) is 3. The average molecular weight is 359 g/mol. The van der Waals surface area contributed by atoms with Crippen LogP contribution in [0.25, 0.3) is 0 Å². The molecule has 2 unspecified atom stereocenters. The predicted octanol–water partition coefficient (Wildman–Crippen LogP) is 3.47. The quantitative estimate of drug-likeness (QED) is 0.606. The zero-order valence-corrected chi connectivity index (χ0v) is 15.9. The summed E-state index contributed by atoms with van der Waals surface area (Å²) in [7, 11) is 1.73. The van der Waals surface area contributed by atoms with E-state index in [4.69, 9.17) is 17.0 Å². The van der Waals surface area contributed by atoms with Crippen LogP contribution in [0.15, 0.2) is 42.7 Å². The fraction of sp³-hybridized carbons (Fsp3) is 0.474. The summed E-state index contributed by atoms with van der Waals surface area (Å²) in [5, 5.41) is 4.28. The Morgan fingerprint density at radius 3 is 2.80 bits per heavy atom. The van der Waals surface area contributed by atoms with E-state index in [0.29, 0.717) is 6.04 Å². The van der Waals surface area contributed by atoms with Gasteiger partial charge in [0.1, 0.15) is 0 Å². The van der Waals surface area contributed by atoms with Crippen LogP contribution >= 0.6 is 12.2 Å². The number of aromatic nitrogens is 2. The van der Waals surface area contributed by atoms with E-state index in [1.807, 2.05) is 18.3 Å². The van der Waals surface area contributed by atoms with Crippen molar-refractivity contribution in [1.29, 1.82) is 0 Å². The Labute approximate surface area is 155 Å². The number of thiocarbonyl (C=S) groups is 1. The Morgan fingerprint density at radius 2 is 2.12 bits per heavy atom. The van der Waals surface area contributed by atoms with Gasteiger partial charge in [-0.15, -0.1) is 0 Å². The molecule has 134 valence electrons. The standard InChI is InChI=1S/C19H26N4OS/c1-14(2)22-11-6-9-16(22)18-17(15-8-4-5-10-20-15)21-19(25)23(18)12-7-13-24-3/h4-6,8-11,14,17-18H,7,12-13H2,1-3H3,(H,21,25). The molecular formula is C19H26N4OS. The van der Waals surface area contributed by atoms with E-state index in [0.717, 1.165) is 30.4 Å². The molecule has 5 nitrogen and oxygen atoms in total. The van der Waals surface area contributed by atoms with Crippen LogP contribution in [0.2, 0.25) is 0 Å². The molecule has 0 aromatic carbocycles. The molecule has 2 aromatic rings. The third-order valence-electron chi connectivity index (χ3n) is 4.62. The van der Waals surface area contributed by atoms with E-state index in [-0.39, 0.29) is 12.1 Å². The summed E-state index contributed by atoms with van der Waals surface area (Å²) in [4.78, 5) is 6.86. The first-order chi connectivity index (χ1) is 12.1. The molecule has 1 aliphatic heterocycles. The van der Waals surface area contributed by atoms with Gasteiger partial charge in [0.2, 0.25) is 0 Å². The lowest BCUT2D eigenvalue weighted by Crippen LogP contribution is -2.32. The molecule has 1 aliphatic rings. The summed E-state index contributed by atoms with van der Waals surface area (Å²) < 4.78 is 7.55. The fourth-order valence-corrected chi connectivity index (χ4v) is 3.81. The Morgan fingerprint density at radius 1 is 1.28 bits per heavy atom. The Bertz CT molecular complexity index is 700. The summed E-state index contributed by atoms with van der Waals surface area (Å²) in [5.74, 6) is 0. The minimum Gasteiger partial charge on any atom is -0.385 e. The highest BCUT2D eigenvalue weighted by molar-refractivity contribution is 7.80. The van der Waals surface area contributed by atoms with E-state index in [1.165, 1.54) is 5.69 Å². The molecule has 0 spiro atoms. The van der Waals surface area contributed by atoms with Crippen LogP contribution in [0.4, 0.5) is 0 Å². The monoisotopic (exact) mass is 358 g/mol. The summed E-state index contributed by atoms with van der Waals surface area (Å²) in [5.41, 5.74) is 2.27. The van der Waals surface area contributed by atoms with Crippen LogP contribution < -0.4 is 5.32 Å². The Hall–Kier alpha value is -1.92. The van der Waals surface area contributed by atoms with Gasteiger partial charge in [-0.25, -0.2) is 0 Å². The molecule has 2 aromatic heterocycles. The summed E-state index contributed by atoms with van der Waals surface area (Å²) >= 11 is 5.66. The predicted molar refractivity (Wildman–Crippen MR) is 103 cm³/mol. The molecule has 0 bridgehead atoms. The minimum atomic E-state index is 0.0450. The van der Waals surface area contributed by atoms with Crippen molar-refractivity contribution in [2.24, 2.45) is 0 Å². The number of rotatable bonds is 7. The van der Waals surface area contributed by atoms with Crippen molar-refractivity contribution >= 4 is 17.3 Å². The first kappa shape index (κ1) is 17.9. The van der Waals surface area contributed by atoms with Gasteiger partial charge in [0.15, 0.2) is 5.11 Å². The second kappa shape index (κ2) is 7.97. The summed E-state index contributed by atoms with van der Waals surface area (Å²) in [6.07, 6.45) is 4.92. The van der Waals surface area contributed by atoms with E-state index in [9.17, 15) is 0 Å². The van der Waals surface area contributed by atoms with Crippen LogP contribution in [-0.2, 0) is 4.74 Å². The molecule has 25 heavy (non-hydrogen) atoms. The van der Waals surface area contributed by atoms with Crippen molar-refractivity contribution in [3.05, 3.63) is 54.1 Å². The molecule has 1 fully saturated rings. The van der Waals surface area contributed by atoms with Crippen molar-refractivity contribution < 1.29 is 4.74 Å². The molecule has 0 saturated carbocycles. The van der Waals surface area contributed by atoms with Crippen LogP contribution in [0, 0.1) is 0 Å². The zero-order valence-electron chi connectivity index (χ0n) is 15.1. The normalized spacial score (nSPS) is 20.3. The number of methoxy groups -OCH3 is 1. The maximum Gasteiger partial charge on any atom is 0.170 e. The van der Waals surface area contributed by atoms with Gasteiger partial charge in [-0.3, -0.25) is 4.98 Å². The van der Waals surface area contributed by atoms with E-state index < -0.39 is 0 Å². The molecule has 2 atom stereocenters. The van der Waals surface area contributed by atoms with Crippen LogP contribution in [0.1, 0.15) is 49.8 Å². The number of ether oxygens (including phenoxy) is 1. The molecule has 0 radical (unpaired) electrons. The van der Waals surface area contributed by atoms with Gasteiger partial charge in [-0.2, -0.15) is 0 Å². The van der Waals surface area contributed by atoms with Gasteiger partial charge in [0.05, 0.1) is 17.8 Å². The molecular weight excluding hydrogens is 332 g/mol. The largest absolute Gasteiger partial charge is 0.385 e. The van der Waals surface area contributed by atoms with Crippen molar-refractivity contribution in [3.8, 4) is 0 Å². The average Bonchev–Trinajstić information content (AvgIpc) is 3.21. The third kappa shape index (κ3) is 3.70. The second-order valence-electron chi connectivity index (χ2n) is 6.60. The van der Waals surface area contributed by atoms with Crippen LogP contribution in [0.5, 0.6) is 0 Å². The molecule has 1 N–H and O–H groups in total. The number of nitrogens with one attached hydrogen (secondary N) is 1. The lowest BCUT2D eigenvalue weighted by Gasteiger charge is -2.29. The first-order valence-electron chi connectivity index (χ1n) is 8.77. The Kier molecular flexibility index (Phi) is 5.71. The SMILES string of the molecule is COCCCN1C(=S)NC(c2ccccn2)C1c1cccn1C(C)C. The molecule has 1 saturated heterocycles. The number of hydrogen-bond donors (Lipinski definition) is 1. The molecule has 3 rings (SSSR count). The van der Waals surface area contributed by atoms with Crippen molar-refractivity contribution in [1.82, 2.24) is 19.8 Å². The van der Waals surface area contributed by atoms with E-state index in [2.05, 4.69) is 58.0 Å². The second-order valence-corrected chi connectivity index (χ2v) is 6.99. The van der Waals surface area contributed by atoms with Gasteiger partial charge in [-0.05, 0) is 56.8 Å². The van der Waals surface area contributed by atoms with Gasteiger partial charge in [-0.1, -0.05) is 6.07 Å². The van der Waals surface area contributed by atoms with Crippen molar-refractivity contribution in [2.45, 2.75) is 38.4 Å². The van der Waals surface area contributed by atoms with Gasteiger partial charge >= 0.3 is 0 Å². The highest BCUT2D eigenvalue weighted by Crippen LogP contribution is 2.39. The number of pyridine rings is 1. The first-order valence-corrected chi connectivity index (χ1v) is 9.18. The molecule has 0 aliphatic carbocycles. The Balaban J connectivity index is 1.98. The number of hydrogen-bond acceptors (Lipinski definition) is 3. The van der Waals surface area contributed by atoms with Crippen molar-refractivity contribution in [2.75, 3.05) is 20.3 Å². The van der Waals surface area contributed by atoms with Gasteiger partial charge in [0, 0.05) is 44.4 Å². The highest BCUT2D eigenvalue weighted by atomic mass is 32.1. The van der Waals surface area contributed by atoms with E-state index >= 15 is 0 Å². The maximum atomic E-state index is 5.66. The molecule has 3 heterocycles. The van der Waals surface area contributed by atoms with Crippen molar-refractivity contribution in [3.63, 3.8) is 0 Å². The van der Waals surface area contributed by atoms with Gasteiger partial charge < -0.3 is 19.5 Å². The lowest BCUT2D eigenvalue weighted by atomic mass is 10.0. The summed E-state index contributed by atoms with van der Waals surface area (Å²) in [6, 6.07) is 10.9. The fourth-order valence-electron chi connectivity index (χ4n) is 3.48. The molecule has 0 amide bonds. The molecule has 6 heteroatoms. The smallest absolute Gasteiger partial charge is 0.170 e. The summed E-state index contributed by atoms with van der Waals surface area (Å²) in [6.45, 7) is 5.99. The minimum absolute atomic E-state index is 0.0450. The van der Waals surface area contributed by atoms with Crippen LogP contribution in [0.3, 0.4) is 0 Å². The topological polar surface area (TPSA) is 42.3 Å². The third-order valence-corrected chi connectivity index (χ3v) is 4.97. The lowest BCUT2D eigenvalue weighted by molar-refractivity contribution is 0.179. The van der Waals surface area contributed by atoms with Gasteiger partial charge in [0.25, 0.3) is 0 Å². The van der Waals surface area contributed by atoms with Crippen LogP contribution in [-0.4, -0.2) is 39.8 Å². The van der Waals surface area contributed by atoms with E-state index in [1.54, 1.807) is 7.11 Å². The zero-order chi connectivity index (χ0) is 17.8. The maximum absolute atomic E-state index is 5.66. The highest BCUT2D eigenvalue weighted by Gasteiger charge is 2.40.